The van der Waals surface area contributed by atoms with Gasteiger partial charge in [0.05, 0.1) is 0 Å². The summed E-state index contributed by atoms with van der Waals surface area (Å²) < 4.78 is 16.9. The summed E-state index contributed by atoms with van der Waals surface area (Å²) in [6, 6.07) is 0. The van der Waals surface area contributed by atoms with Crippen molar-refractivity contribution < 1.29 is 28.6 Å². The SMILES string of the molecule is CC/C=C\C/C=C\C/C=C\C/C=C\C/C=C\C/C=C\C/C=C\CCCCCCCC(=O)OCC(COC(=O)CCCCCCC/C=C\CCC)OC(=O)CCCCCCCCC/C=C\C/C=C\C/C=C\C/C=C\C/C=C\CC. The lowest BCUT2D eigenvalue weighted by Crippen LogP contribution is -2.30. The third kappa shape index (κ3) is 61.9. The zero-order chi connectivity index (χ0) is 56.4. The van der Waals surface area contributed by atoms with E-state index in [-0.39, 0.29) is 31.1 Å². The number of carbonyl (C=O) groups excluding carboxylic acids is 3. The van der Waals surface area contributed by atoms with Crippen molar-refractivity contribution in [2.24, 2.45) is 0 Å². The molecule has 1 unspecified atom stereocenters. The predicted octanol–water partition coefficient (Wildman–Crippen LogP) is 21.7. The van der Waals surface area contributed by atoms with Crippen LogP contribution in [0.1, 0.15) is 258 Å². The maximum Gasteiger partial charge on any atom is 0.306 e. The summed E-state index contributed by atoms with van der Waals surface area (Å²) in [6.07, 6.45) is 93.9. The molecule has 0 saturated carbocycles. The monoisotopic (exact) mass is 1070 g/mol. The number of rotatable bonds is 55. The summed E-state index contributed by atoms with van der Waals surface area (Å²) in [5.74, 6) is -0.946. The molecule has 438 valence electrons. The van der Waals surface area contributed by atoms with Crippen LogP contribution in [0.15, 0.2) is 158 Å². The Bertz CT molecular complexity index is 1760. The van der Waals surface area contributed by atoms with E-state index in [0.717, 1.165) is 186 Å². The van der Waals surface area contributed by atoms with E-state index in [9.17, 15) is 14.4 Å². The molecule has 78 heavy (non-hydrogen) atoms. The predicted molar refractivity (Wildman–Crippen MR) is 338 cm³/mol. The van der Waals surface area contributed by atoms with Crippen LogP contribution in [0.2, 0.25) is 0 Å². The van der Waals surface area contributed by atoms with E-state index in [1.165, 1.54) is 32.1 Å². The largest absolute Gasteiger partial charge is 0.462 e. The highest BCUT2D eigenvalue weighted by Gasteiger charge is 2.19. The third-order valence-corrected chi connectivity index (χ3v) is 12.7. The van der Waals surface area contributed by atoms with Gasteiger partial charge in [-0.3, -0.25) is 14.4 Å². The van der Waals surface area contributed by atoms with E-state index < -0.39 is 6.10 Å². The Hall–Kier alpha value is -4.97. The minimum absolute atomic E-state index is 0.0998. The van der Waals surface area contributed by atoms with Crippen molar-refractivity contribution in [1.29, 1.82) is 0 Å². The zero-order valence-electron chi connectivity index (χ0n) is 50.1. The number of hydrogen-bond acceptors (Lipinski definition) is 6. The van der Waals surface area contributed by atoms with Gasteiger partial charge in [-0.05, 0) is 141 Å². The maximum absolute atomic E-state index is 12.9. The van der Waals surface area contributed by atoms with Crippen LogP contribution in [0, 0.1) is 0 Å². The van der Waals surface area contributed by atoms with Crippen molar-refractivity contribution >= 4 is 17.9 Å². The molecule has 0 aliphatic carbocycles. The van der Waals surface area contributed by atoms with Crippen LogP contribution in [-0.4, -0.2) is 37.2 Å². The van der Waals surface area contributed by atoms with Crippen molar-refractivity contribution in [3.63, 3.8) is 0 Å². The lowest BCUT2D eigenvalue weighted by Gasteiger charge is -2.18. The van der Waals surface area contributed by atoms with Gasteiger partial charge in [-0.15, -0.1) is 0 Å². The molecule has 0 amide bonds. The average molecular weight is 1080 g/mol. The standard InChI is InChI=1S/C72H114O6/c1-4-7-10-13-16-19-22-24-26-28-30-32-34-35-36-37-39-40-42-44-46-48-50-53-56-59-62-65-71(74)77-68-69(67-76-70(73)64-61-58-55-52-21-18-15-12-9-6-3)78-72(75)66-63-60-57-54-51-49-47-45-43-41-38-33-31-29-27-25-23-20-17-14-11-8-5-2/h7-8,10-12,15-17,19-20,24-27,30-33,35-36,39-41,43-44,46,69H,4-6,9,13-14,18,21-23,28-29,34,37-38,42,45,47-68H2,1-3H3/b10-7-,11-8-,15-12-,19-16-,20-17-,26-24-,27-25-,32-30-,33-31-,36-35-,40-39-,43-41-,46-44-. The molecule has 0 fully saturated rings. The number of unbranched alkanes of at least 4 members (excludes halogenated alkanes) is 18. The first-order valence-electron chi connectivity index (χ1n) is 31.5. The summed E-state index contributed by atoms with van der Waals surface area (Å²) in [6.45, 7) is 6.31. The lowest BCUT2D eigenvalue weighted by molar-refractivity contribution is -0.167. The molecule has 6 heteroatoms. The second-order valence-electron chi connectivity index (χ2n) is 20.2. The van der Waals surface area contributed by atoms with Crippen LogP contribution < -0.4 is 0 Å². The highest BCUT2D eigenvalue weighted by molar-refractivity contribution is 5.71. The quantitative estimate of drug-likeness (QED) is 0.0261. The number of esters is 3. The molecule has 6 nitrogen and oxygen atoms in total. The molecule has 0 N–H and O–H groups in total. The Balaban J connectivity index is 4.37. The molecule has 0 radical (unpaired) electrons. The van der Waals surface area contributed by atoms with E-state index in [1.807, 2.05) is 0 Å². The first-order valence-corrected chi connectivity index (χ1v) is 31.5. The van der Waals surface area contributed by atoms with Crippen LogP contribution in [0.4, 0.5) is 0 Å². The van der Waals surface area contributed by atoms with Gasteiger partial charge in [0.2, 0.25) is 0 Å². The number of allylic oxidation sites excluding steroid dienone is 26. The Labute approximate surface area is 480 Å². The van der Waals surface area contributed by atoms with Crippen molar-refractivity contribution in [2.45, 2.75) is 264 Å². The van der Waals surface area contributed by atoms with Crippen LogP contribution >= 0.6 is 0 Å². The fourth-order valence-corrected chi connectivity index (χ4v) is 8.10. The van der Waals surface area contributed by atoms with Gasteiger partial charge in [-0.1, -0.05) is 256 Å². The van der Waals surface area contributed by atoms with Gasteiger partial charge in [0, 0.05) is 19.3 Å². The molecule has 0 bridgehead atoms. The minimum atomic E-state index is -0.804. The molecule has 0 rings (SSSR count). The molecule has 1 atom stereocenters. The van der Waals surface area contributed by atoms with Gasteiger partial charge in [-0.25, -0.2) is 0 Å². The highest BCUT2D eigenvalue weighted by atomic mass is 16.6. The smallest absolute Gasteiger partial charge is 0.306 e. The number of carbonyl (C=O) groups is 3. The van der Waals surface area contributed by atoms with E-state index in [1.54, 1.807) is 0 Å². The molecule has 0 aromatic heterocycles. The first kappa shape index (κ1) is 73.0. The molecule has 0 heterocycles. The third-order valence-electron chi connectivity index (χ3n) is 12.7. The second kappa shape index (κ2) is 64.6. The molecule has 0 spiro atoms. The molecular formula is C72H114O6. The van der Waals surface area contributed by atoms with E-state index in [0.29, 0.717) is 19.3 Å². The second-order valence-corrected chi connectivity index (χ2v) is 20.2. The van der Waals surface area contributed by atoms with E-state index in [4.69, 9.17) is 14.2 Å². The van der Waals surface area contributed by atoms with Crippen molar-refractivity contribution in [1.82, 2.24) is 0 Å². The molecule has 0 aromatic carbocycles. The highest BCUT2D eigenvalue weighted by Crippen LogP contribution is 2.14. The molecular weight excluding hydrogens is 961 g/mol. The topological polar surface area (TPSA) is 78.9 Å². The van der Waals surface area contributed by atoms with Gasteiger partial charge in [0.1, 0.15) is 13.2 Å². The summed E-state index contributed by atoms with van der Waals surface area (Å²) >= 11 is 0. The first-order chi connectivity index (χ1) is 38.5. The van der Waals surface area contributed by atoms with Gasteiger partial charge in [0.25, 0.3) is 0 Å². The number of ether oxygens (including phenoxy) is 3. The Morgan fingerprint density at radius 1 is 0.269 bits per heavy atom. The summed E-state index contributed by atoms with van der Waals surface area (Å²) in [4.78, 5) is 38.2. The minimum Gasteiger partial charge on any atom is -0.462 e. The average Bonchev–Trinajstić information content (AvgIpc) is 3.44. The van der Waals surface area contributed by atoms with Crippen LogP contribution in [0.5, 0.6) is 0 Å². The number of hydrogen-bond donors (Lipinski definition) is 0. The Morgan fingerprint density at radius 2 is 0.500 bits per heavy atom. The van der Waals surface area contributed by atoms with Crippen LogP contribution in [0.25, 0.3) is 0 Å². The summed E-state index contributed by atoms with van der Waals surface area (Å²) in [5.41, 5.74) is 0. The van der Waals surface area contributed by atoms with E-state index >= 15 is 0 Å². The normalized spacial score (nSPS) is 13.2. The summed E-state index contributed by atoms with van der Waals surface area (Å²) in [5, 5.41) is 0. The fraction of sp³-hybridized carbons (Fsp3) is 0.597. The molecule has 0 aliphatic rings. The lowest BCUT2D eigenvalue weighted by atomic mass is 10.1. The van der Waals surface area contributed by atoms with Crippen LogP contribution in [-0.2, 0) is 28.6 Å². The van der Waals surface area contributed by atoms with Crippen molar-refractivity contribution in [3.05, 3.63) is 158 Å². The molecule has 0 aromatic rings. The Kier molecular flexibility index (Phi) is 60.4. The summed E-state index contributed by atoms with van der Waals surface area (Å²) in [7, 11) is 0. The van der Waals surface area contributed by atoms with E-state index in [2.05, 4.69) is 179 Å². The van der Waals surface area contributed by atoms with Gasteiger partial charge >= 0.3 is 17.9 Å². The van der Waals surface area contributed by atoms with Gasteiger partial charge in [0.15, 0.2) is 6.10 Å². The van der Waals surface area contributed by atoms with Gasteiger partial charge < -0.3 is 14.2 Å². The van der Waals surface area contributed by atoms with Gasteiger partial charge in [-0.2, -0.15) is 0 Å². The fourth-order valence-electron chi connectivity index (χ4n) is 8.10. The molecule has 0 aliphatic heterocycles. The molecule has 0 saturated heterocycles. The Morgan fingerprint density at radius 3 is 0.795 bits per heavy atom. The maximum atomic E-state index is 12.9. The van der Waals surface area contributed by atoms with Crippen molar-refractivity contribution in [2.75, 3.05) is 13.2 Å². The van der Waals surface area contributed by atoms with Crippen molar-refractivity contribution in [3.8, 4) is 0 Å². The van der Waals surface area contributed by atoms with Crippen LogP contribution in [0.3, 0.4) is 0 Å². The zero-order valence-corrected chi connectivity index (χ0v) is 50.1.